The van der Waals surface area contributed by atoms with Crippen molar-refractivity contribution >= 4 is 110 Å². The molecule has 2 aromatic heterocycles. The standard InChI is InChI=1S/2C16H23FN2O2.C15H21FN2O2.C13H11Cl2F2N5.C13H12ClF2N5O.2C11H15FN2.C10H12F2N2/c1-16(2,3)21-15(20)18(4)14-9-10-19(11-14)13-7-5-12(17)6-8-13;1-16(2,3)21-15(20)18-13-8-10-19(11-9-13)14-6-4-12(17)5-7-14;1-15(2,3)20-14(19)17-12-8-9-18(10-12)13-6-4-11(16)5-7-13;14-11-18-12(15)20-13(19-11)22-5-3-21(4-6-22)10-2-1-8(16)7-9(10)17;14-11-17-12(19-13(22)18-11)21-5-3-20(4-6-21)10-2-1-8(15)7-9(10)16;1-13-10-6-7-14(8-10)11-4-2-9(12)3-5-11;12-9-1-3-11(4-2-9)14-7-5-10(13)6-8-14;11-7-1-3-8(4-2-7)14-5-9(12)10(13)6-14/h5-8,14H,9-11H2,1-4H3;4-7,13H,8-11H2,1-3H3,(H,18,20);4-7,12H,8-10H2,1-3H3,(H,17,19);1-2,7H,3-6H2;1-2,7H,3-6H2,(H,17,18,19,22);2-5,10,13H,6-8H2,1H3;1-4,10H,5-8,13H2;1-4,9-10H,5-6,13H2/t;;;;;;;9-,10-/m.......1/s1. The molecule has 5 atom stereocenters. The van der Waals surface area contributed by atoms with Crippen LogP contribution in [0.2, 0.25) is 15.9 Å². The number of likely N-dealkylation sites (N-methyl/N-ethyl adjacent to an activating group) is 2. The number of carbonyl (C=O) groups is 3. The number of amides is 3. The maximum absolute atomic E-state index is 13.8. The molecule has 0 bridgehead atoms. The van der Waals surface area contributed by atoms with Gasteiger partial charge in [0, 0.05) is 196 Å². The van der Waals surface area contributed by atoms with Crippen molar-refractivity contribution in [3.05, 3.63) is 266 Å². The summed E-state index contributed by atoms with van der Waals surface area (Å²) >= 11 is 17.2. The van der Waals surface area contributed by atoms with Gasteiger partial charge in [0.1, 0.15) is 81.1 Å². The minimum absolute atomic E-state index is 0.0259. The van der Waals surface area contributed by atoms with Crippen molar-refractivity contribution in [3.8, 4) is 0 Å². The summed E-state index contributed by atoms with van der Waals surface area (Å²) in [6, 6.07) is 46.6. The van der Waals surface area contributed by atoms with Gasteiger partial charge in [-0.15, -0.1) is 0 Å². The molecule has 8 fully saturated rings. The molecule has 0 radical (unpaired) electrons. The van der Waals surface area contributed by atoms with Crippen LogP contribution in [0.1, 0.15) is 107 Å². The van der Waals surface area contributed by atoms with Crippen molar-refractivity contribution in [1.29, 1.82) is 0 Å². The van der Waals surface area contributed by atoms with E-state index in [1.165, 1.54) is 97.1 Å². The number of benzene rings is 8. The van der Waals surface area contributed by atoms with Crippen LogP contribution in [0.25, 0.3) is 0 Å². The van der Waals surface area contributed by atoms with Crippen LogP contribution in [0.3, 0.4) is 0 Å². The molecule has 10 heterocycles. The topological polar surface area (TPSA) is 300 Å². The number of alkyl carbamates (subject to hydrolysis) is 2. The van der Waals surface area contributed by atoms with E-state index in [1.807, 2.05) is 108 Å². The van der Waals surface area contributed by atoms with Crippen molar-refractivity contribution in [3.63, 3.8) is 0 Å². The number of nitrogens with zero attached hydrogens (tertiary/aromatic N) is 16. The summed E-state index contributed by atoms with van der Waals surface area (Å²) in [5.74, 6) is -3.05. The minimum Gasteiger partial charge on any atom is -0.444 e. The molecule has 8 N–H and O–H groups in total. The molecule has 10 aromatic rings. The lowest BCUT2D eigenvalue weighted by molar-refractivity contribution is 0.0236. The van der Waals surface area contributed by atoms with Crippen LogP contribution < -0.4 is 82.1 Å². The first kappa shape index (κ1) is 116. The molecular formula is C105H132Cl3F11N22O7. The number of rotatable bonds is 14. The molecule has 0 saturated carbocycles. The van der Waals surface area contributed by atoms with Gasteiger partial charge in [-0.1, -0.05) is 0 Å². The SMILES string of the molecule is CC(C)(C)OC(=O)NC1CCN(c2ccc(F)cc2)C1.CC(C)(C)OC(=O)NC1CCN(c2ccc(F)cc2)CC1.CN(C(=O)OC(C)(C)C)C1CCN(c2ccc(F)cc2)C1.CNC1CCN(c2ccc(F)cc2)C1.Fc1ccc(N2CCN(c3nc(Cl)nc(Cl)n3)CC2)c(F)c1.NC1CCN(c2ccc(F)cc2)CC1.N[C@@H]1CN(c2ccc(F)cc2)C[C@H]1F.O=c1nc(N2CCN(c3ccc(F)cc3F)CC2)nc(Cl)[nH]1. The van der Waals surface area contributed by atoms with Crippen LogP contribution in [-0.4, -0.2) is 257 Å². The Labute approximate surface area is 871 Å². The number of hydrogen-bond donors (Lipinski definition) is 6. The number of piperazine rings is 2. The summed E-state index contributed by atoms with van der Waals surface area (Å²) in [5.41, 5.74) is 16.1. The lowest BCUT2D eigenvalue weighted by Crippen LogP contribution is -2.47. The summed E-state index contributed by atoms with van der Waals surface area (Å²) in [5, 5.41) is 9.07. The van der Waals surface area contributed by atoms with E-state index in [-0.39, 0.29) is 93.1 Å². The number of aromatic nitrogens is 6. The van der Waals surface area contributed by atoms with E-state index in [4.69, 9.17) is 60.5 Å². The normalized spacial score (nSPS) is 18.5. The number of carbonyl (C=O) groups excluding carboxylic acids is 3. The summed E-state index contributed by atoms with van der Waals surface area (Å²) in [4.78, 5) is 90.4. The molecule has 3 unspecified atom stereocenters. The Kier molecular flexibility index (Phi) is 42.6. The van der Waals surface area contributed by atoms with Crippen molar-refractivity contribution in [2.75, 3.05) is 194 Å². The van der Waals surface area contributed by atoms with Gasteiger partial charge in [-0.2, -0.15) is 24.9 Å². The van der Waals surface area contributed by atoms with Gasteiger partial charge in [0.25, 0.3) is 0 Å². The van der Waals surface area contributed by atoms with Gasteiger partial charge in [-0.05, 0) is 319 Å². The first-order valence-corrected chi connectivity index (χ1v) is 50.2. The predicted octanol–water partition coefficient (Wildman–Crippen LogP) is 18.4. The van der Waals surface area contributed by atoms with Crippen LogP contribution >= 0.6 is 34.8 Å². The van der Waals surface area contributed by atoms with E-state index in [0.29, 0.717) is 101 Å². The maximum atomic E-state index is 13.8. The number of ether oxygens (including phenoxy) is 3. The number of anilines is 10. The highest BCUT2D eigenvalue weighted by Gasteiger charge is 2.35. The Morgan fingerprint density at radius 2 is 0.682 bits per heavy atom. The molecule has 8 aliphatic rings. The van der Waals surface area contributed by atoms with Gasteiger partial charge in [-0.25, -0.2) is 67.5 Å². The zero-order chi connectivity index (χ0) is 107. The molecule has 29 nitrogen and oxygen atoms in total. The Bertz CT molecular complexity index is 5820. The number of halogens is 14. The summed E-state index contributed by atoms with van der Waals surface area (Å²) in [6.07, 6.45) is 4.64. The molecule has 8 saturated heterocycles. The highest BCUT2D eigenvalue weighted by Crippen LogP contribution is 2.32. The van der Waals surface area contributed by atoms with E-state index in [0.717, 1.165) is 150 Å². The van der Waals surface area contributed by atoms with Crippen molar-refractivity contribution in [2.45, 2.75) is 166 Å². The smallest absolute Gasteiger partial charge is 0.410 e. The van der Waals surface area contributed by atoms with E-state index in [1.54, 1.807) is 70.3 Å². The van der Waals surface area contributed by atoms with Crippen molar-refractivity contribution in [1.82, 2.24) is 50.8 Å². The van der Waals surface area contributed by atoms with Gasteiger partial charge in [0.2, 0.25) is 27.7 Å². The molecule has 3 amide bonds. The van der Waals surface area contributed by atoms with Crippen molar-refractivity contribution in [2.24, 2.45) is 11.5 Å². The number of alkyl halides is 1. The second kappa shape index (κ2) is 54.5. The van der Waals surface area contributed by atoms with E-state index < -0.39 is 58.0 Å². The van der Waals surface area contributed by atoms with E-state index >= 15 is 0 Å². The first-order valence-electron chi connectivity index (χ1n) is 49.1. The highest BCUT2D eigenvalue weighted by molar-refractivity contribution is 6.31. The molecule has 43 heteroatoms. The monoisotopic (exact) mass is 2130 g/mol. The number of piperidine rings is 2. The van der Waals surface area contributed by atoms with Gasteiger partial charge in [0.05, 0.1) is 36.0 Å². The summed E-state index contributed by atoms with van der Waals surface area (Å²) < 4.78 is 159. The first-order chi connectivity index (χ1) is 70.2. The Balaban J connectivity index is 0.000000162. The van der Waals surface area contributed by atoms with Crippen LogP contribution in [0.4, 0.5) is 120 Å². The fourth-order valence-electron chi connectivity index (χ4n) is 17.1. The molecule has 148 heavy (non-hydrogen) atoms. The number of nitrogens with one attached hydrogen (secondary N) is 4. The Hall–Kier alpha value is -12.6. The second-order valence-corrected chi connectivity index (χ2v) is 40.5. The molecule has 18 rings (SSSR count). The lowest BCUT2D eigenvalue weighted by Gasteiger charge is -2.36. The summed E-state index contributed by atoms with van der Waals surface area (Å²) in [7, 11) is 3.76. The number of hydrogen-bond acceptors (Lipinski definition) is 25. The fraction of sp³-hybridized carbons (Fsp3) is 0.457. The third-order valence-corrected chi connectivity index (χ3v) is 25.4. The number of nitrogens with two attached hydrogens (primary N) is 2. The molecule has 0 spiro atoms. The molecule has 8 aliphatic heterocycles. The molecule has 802 valence electrons. The zero-order valence-electron chi connectivity index (χ0n) is 84.9. The fourth-order valence-corrected chi connectivity index (χ4v) is 17.6. The van der Waals surface area contributed by atoms with Gasteiger partial charge in [0.15, 0.2) is 0 Å². The average Bonchev–Trinajstić information content (AvgIpc) is 1.37. The minimum atomic E-state index is -0.986. The third-order valence-electron chi connectivity index (χ3n) is 24.9. The third kappa shape index (κ3) is 37.6. The quantitative estimate of drug-likeness (QED) is 0.0435. The van der Waals surface area contributed by atoms with Gasteiger partial charge >= 0.3 is 24.0 Å². The van der Waals surface area contributed by atoms with E-state index in [9.17, 15) is 67.5 Å². The van der Waals surface area contributed by atoms with E-state index in [2.05, 4.69) is 70.4 Å². The van der Waals surface area contributed by atoms with Gasteiger partial charge < -0.3 is 95.5 Å². The molecule has 0 aliphatic carbocycles. The number of aromatic amines is 1. The Morgan fingerprint density at radius 3 is 1.04 bits per heavy atom. The lowest BCUT2D eigenvalue weighted by atomic mass is 10.0. The van der Waals surface area contributed by atoms with Crippen LogP contribution in [0.5, 0.6) is 0 Å². The number of H-pyrrole nitrogens is 1. The largest absolute Gasteiger partial charge is 0.444 e. The van der Waals surface area contributed by atoms with Gasteiger partial charge in [-0.3, -0.25) is 4.98 Å². The Morgan fingerprint density at radius 1 is 0.365 bits per heavy atom. The zero-order valence-corrected chi connectivity index (χ0v) is 87.2. The summed E-state index contributed by atoms with van der Waals surface area (Å²) in [6.45, 7) is 30.5. The van der Waals surface area contributed by atoms with Crippen LogP contribution in [-0.2, 0) is 14.2 Å². The molecular weight excluding hydrogens is 2000 g/mol. The molecule has 8 aromatic carbocycles. The van der Waals surface area contributed by atoms with Crippen LogP contribution in [0, 0.1) is 58.2 Å². The van der Waals surface area contributed by atoms with Crippen LogP contribution in [0.15, 0.2) is 187 Å². The predicted molar refractivity (Wildman–Crippen MR) is 561 cm³/mol. The maximum Gasteiger partial charge on any atom is 0.410 e. The highest BCUT2D eigenvalue weighted by atomic mass is 35.5. The average molecular weight is 2130 g/mol. The second-order valence-electron chi connectivity index (χ2n) is 39.5. The van der Waals surface area contributed by atoms with Crippen molar-refractivity contribution < 1.29 is 76.9 Å².